The van der Waals surface area contributed by atoms with Gasteiger partial charge in [-0.1, -0.05) is 18.7 Å². The fourth-order valence-corrected chi connectivity index (χ4v) is 1.01. The minimum Gasteiger partial charge on any atom is -0.445 e. The van der Waals surface area contributed by atoms with Gasteiger partial charge in [0.15, 0.2) is 0 Å². The first kappa shape index (κ1) is 14.7. The third-order valence-electron chi connectivity index (χ3n) is 1.81. The lowest BCUT2D eigenvalue weighted by molar-refractivity contribution is 0.133. The van der Waals surface area contributed by atoms with Gasteiger partial charge in [0, 0.05) is 13.7 Å². The van der Waals surface area contributed by atoms with Crippen LogP contribution in [-0.2, 0) is 9.47 Å². The second kappa shape index (κ2) is 8.94. The molecule has 0 spiro atoms. The van der Waals surface area contributed by atoms with Crippen molar-refractivity contribution in [1.29, 1.82) is 0 Å². The molecule has 0 saturated carbocycles. The lowest BCUT2D eigenvalue weighted by Crippen LogP contribution is -2.43. The van der Waals surface area contributed by atoms with Crippen LogP contribution in [0.5, 0.6) is 0 Å². The maximum atomic E-state index is 11.3. The molecule has 0 aromatic heterocycles. The lowest BCUT2D eigenvalue weighted by atomic mass is 10.3. The normalized spacial score (nSPS) is 13.1. The van der Waals surface area contributed by atoms with Crippen LogP contribution in [0.4, 0.5) is 4.79 Å². The highest BCUT2D eigenvalue weighted by Crippen LogP contribution is 1.94. The molecule has 0 heterocycles. The molecular weight excluding hydrogens is 208 g/mol. The zero-order chi connectivity index (χ0) is 12.4. The highest BCUT2D eigenvalue weighted by molar-refractivity contribution is 5.67. The molecule has 5 heteroatoms. The molecule has 0 rings (SSSR count). The number of nitrogens with two attached hydrogens (primary N) is 1. The minimum atomic E-state index is -0.496. The fourth-order valence-electron chi connectivity index (χ4n) is 1.01. The Morgan fingerprint density at radius 1 is 1.62 bits per heavy atom. The molecule has 1 atom stereocenters. The molecular formula is C11H20N2O3. The van der Waals surface area contributed by atoms with Gasteiger partial charge in [-0.3, -0.25) is 0 Å². The number of allylic oxidation sites excluding steroid dienone is 2. The Bertz CT molecular complexity index is 252. The summed E-state index contributed by atoms with van der Waals surface area (Å²) in [5.74, 6) is 0. The van der Waals surface area contributed by atoms with Crippen LogP contribution >= 0.6 is 0 Å². The van der Waals surface area contributed by atoms with E-state index in [-0.39, 0.29) is 12.6 Å². The highest BCUT2D eigenvalue weighted by atomic mass is 16.5. The quantitative estimate of drug-likeness (QED) is 0.633. The summed E-state index contributed by atoms with van der Waals surface area (Å²) < 4.78 is 9.84. The Hall–Kier alpha value is -1.33. The highest BCUT2D eigenvalue weighted by Gasteiger charge is 2.10. The van der Waals surface area contributed by atoms with Gasteiger partial charge in [-0.25, -0.2) is 4.79 Å². The summed E-state index contributed by atoms with van der Waals surface area (Å²) in [7, 11) is 1.55. The number of hydrogen-bond acceptors (Lipinski definition) is 4. The first-order valence-electron chi connectivity index (χ1n) is 5.04. The molecule has 0 aromatic carbocycles. The molecule has 0 radical (unpaired) electrons. The van der Waals surface area contributed by atoms with Gasteiger partial charge in [-0.2, -0.15) is 0 Å². The molecule has 0 aliphatic rings. The van der Waals surface area contributed by atoms with E-state index >= 15 is 0 Å². The summed E-state index contributed by atoms with van der Waals surface area (Å²) in [6, 6.07) is -0.221. The monoisotopic (exact) mass is 228 g/mol. The van der Waals surface area contributed by atoms with Crippen molar-refractivity contribution in [3.05, 3.63) is 24.3 Å². The van der Waals surface area contributed by atoms with Gasteiger partial charge in [0.05, 0.1) is 12.6 Å². The van der Waals surface area contributed by atoms with Crippen molar-refractivity contribution in [3.8, 4) is 0 Å². The average molecular weight is 228 g/mol. The molecule has 0 aliphatic carbocycles. The van der Waals surface area contributed by atoms with Gasteiger partial charge < -0.3 is 20.5 Å². The summed E-state index contributed by atoms with van der Waals surface area (Å²) in [5.41, 5.74) is 6.35. The Balaban J connectivity index is 3.88. The van der Waals surface area contributed by atoms with Crippen LogP contribution in [-0.4, -0.2) is 39.0 Å². The Morgan fingerprint density at radius 2 is 2.31 bits per heavy atom. The smallest absolute Gasteiger partial charge is 0.407 e. The molecule has 1 unspecified atom stereocenters. The maximum absolute atomic E-state index is 11.3. The Kier molecular flexibility index (Phi) is 8.19. The topological polar surface area (TPSA) is 73.6 Å². The van der Waals surface area contributed by atoms with Crippen molar-refractivity contribution in [2.24, 2.45) is 5.73 Å². The molecule has 92 valence electrons. The van der Waals surface area contributed by atoms with Gasteiger partial charge in [0.2, 0.25) is 0 Å². The van der Waals surface area contributed by atoms with Crippen LogP contribution in [0.1, 0.15) is 6.92 Å². The van der Waals surface area contributed by atoms with Crippen LogP contribution in [0.3, 0.4) is 0 Å². The zero-order valence-corrected chi connectivity index (χ0v) is 9.86. The number of alkyl carbamates (subject to hydrolysis) is 1. The van der Waals surface area contributed by atoms with Crippen LogP contribution < -0.4 is 11.1 Å². The molecule has 0 saturated heterocycles. The summed E-state index contributed by atoms with van der Waals surface area (Å²) in [5, 5.41) is 2.60. The number of amides is 1. The largest absolute Gasteiger partial charge is 0.445 e. The summed E-state index contributed by atoms with van der Waals surface area (Å²) in [6.45, 7) is 6.32. The summed E-state index contributed by atoms with van der Waals surface area (Å²) in [6.07, 6.45) is 2.93. The second-order valence-corrected chi connectivity index (χ2v) is 3.36. The van der Waals surface area contributed by atoms with Gasteiger partial charge >= 0.3 is 6.09 Å². The Labute approximate surface area is 96.3 Å². The van der Waals surface area contributed by atoms with Crippen LogP contribution in [0.15, 0.2) is 24.3 Å². The van der Waals surface area contributed by atoms with Crippen molar-refractivity contribution >= 4 is 6.09 Å². The van der Waals surface area contributed by atoms with Crippen LogP contribution in [0, 0.1) is 0 Å². The SMILES string of the molecule is C=CC=C(C)COC(=O)NC(CN)COC. The van der Waals surface area contributed by atoms with E-state index in [2.05, 4.69) is 11.9 Å². The first-order valence-corrected chi connectivity index (χ1v) is 5.04. The van der Waals surface area contributed by atoms with Crippen LogP contribution in [0.25, 0.3) is 0 Å². The zero-order valence-electron chi connectivity index (χ0n) is 9.86. The number of methoxy groups -OCH3 is 1. The fraction of sp³-hybridized carbons (Fsp3) is 0.545. The molecule has 0 fully saturated rings. The van der Waals surface area contributed by atoms with Crippen molar-refractivity contribution in [2.75, 3.05) is 26.9 Å². The molecule has 0 aliphatic heterocycles. The van der Waals surface area contributed by atoms with Gasteiger partial charge in [-0.05, 0) is 12.5 Å². The first-order chi connectivity index (χ1) is 7.63. The lowest BCUT2D eigenvalue weighted by Gasteiger charge is -2.15. The van der Waals surface area contributed by atoms with E-state index in [1.165, 1.54) is 0 Å². The van der Waals surface area contributed by atoms with Crippen molar-refractivity contribution in [2.45, 2.75) is 13.0 Å². The van der Waals surface area contributed by atoms with E-state index in [1.807, 2.05) is 6.92 Å². The van der Waals surface area contributed by atoms with Gasteiger partial charge in [0.1, 0.15) is 6.61 Å². The van der Waals surface area contributed by atoms with Crippen molar-refractivity contribution < 1.29 is 14.3 Å². The van der Waals surface area contributed by atoms with E-state index in [9.17, 15) is 4.79 Å². The molecule has 0 bridgehead atoms. The number of nitrogens with one attached hydrogen (secondary N) is 1. The van der Waals surface area contributed by atoms with Crippen molar-refractivity contribution in [3.63, 3.8) is 0 Å². The van der Waals surface area contributed by atoms with Gasteiger partial charge in [0.25, 0.3) is 0 Å². The number of carbonyl (C=O) groups is 1. The molecule has 16 heavy (non-hydrogen) atoms. The predicted octanol–water partition coefficient (Wildman–Crippen LogP) is 0.819. The standard InChI is InChI=1S/C11H20N2O3/c1-4-5-9(2)7-16-11(14)13-10(6-12)8-15-3/h4-5,10H,1,6-8,12H2,2-3H3,(H,13,14). The summed E-state index contributed by atoms with van der Waals surface area (Å²) >= 11 is 0. The van der Waals surface area contributed by atoms with E-state index in [1.54, 1.807) is 19.3 Å². The number of hydrogen-bond donors (Lipinski definition) is 2. The third kappa shape index (κ3) is 7.03. The van der Waals surface area contributed by atoms with Gasteiger partial charge in [-0.15, -0.1) is 0 Å². The average Bonchev–Trinajstić information content (AvgIpc) is 2.26. The number of ether oxygens (including phenoxy) is 2. The third-order valence-corrected chi connectivity index (χ3v) is 1.81. The predicted molar refractivity (Wildman–Crippen MR) is 63.2 cm³/mol. The van der Waals surface area contributed by atoms with E-state index < -0.39 is 6.09 Å². The number of carbonyl (C=O) groups excluding carboxylic acids is 1. The molecule has 0 aromatic rings. The molecule has 1 amide bonds. The van der Waals surface area contributed by atoms with E-state index in [4.69, 9.17) is 15.2 Å². The molecule has 5 nitrogen and oxygen atoms in total. The summed E-state index contributed by atoms with van der Waals surface area (Å²) in [4.78, 5) is 11.3. The van der Waals surface area contributed by atoms with E-state index in [0.29, 0.717) is 13.2 Å². The van der Waals surface area contributed by atoms with E-state index in [0.717, 1.165) is 5.57 Å². The minimum absolute atomic E-state index is 0.221. The second-order valence-electron chi connectivity index (χ2n) is 3.36. The number of rotatable bonds is 7. The maximum Gasteiger partial charge on any atom is 0.407 e. The Morgan fingerprint density at radius 3 is 2.81 bits per heavy atom. The molecule has 3 N–H and O–H groups in total. The van der Waals surface area contributed by atoms with Crippen LogP contribution in [0.2, 0.25) is 0 Å². The van der Waals surface area contributed by atoms with Crippen molar-refractivity contribution in [1.82, 2.24) is 5.32 Å².